The Morgan fingerprint density at radius 3 is 3.06 bits per heavy atom. The molecule has 0 N–H and O–H groups in total. The Morgan fingerprint density at radius 2 is 2.38 bits per heavy atom. The Bertz CT molecular complexity index is 525. The van der Waals surface area contributed by atoms with Crippen LogP contribution in [0.4, 0.5) is 0 Å². The second-order valence-corrected chi connectivity index (χ2v) is 3.45. The van der Waals surface area contributed by atoms with Crippen molar-refractivity contribution in [1.29, 1.82) is 5.26 Å². The highest BCUT2D eigenvalue weighted by molar-refractivity contribution is 5.32. The minimum absolute atomic E-state index is 0.446. The number of aryl methyl sites for hydroxylation is 1. The number of rotatable bonds is 3. The summed E-state index contributed by atoms with van der Waals surface area (Å²) < 4.78 is 7.20. The van der Waals surface area contributed by atoms with Crippen LogP contribution in [0, 0.1) is 11.3 Å². The third-order valence-corrected chi connectivity index (χ3v) is 2.14. The molecule has 0 unspecified atom stereocenters. The van der Waals surface area contributed by atoms with Crippen LogP contribution in [0.5, 0.6) is 5.75 Å². The molecule has 0 spiro atoms. The zero-order valence-corrected chi connectivity index (χ0v) is 8.92. The molecule has 1 aromatic carbocycles. The van der Waals surface area contributed by atoms with E-state index in [-0.39, 0.29) is 0 Å². The molecular weight excluding hydrogens is 202 g/mol. The summed E-state index contributed by atoms with van der Waals surface area (Å²) in [7, 11) is 1.84. The highest BCUT2D eigenvalue weighted by Crippen LogP contribution is 2.11. The number of aromatic nitrogens is 2. The highest BCUT2D eigenvalue weighted by atomic mass is 16.5. The molecule has 16 heavy (non-hydrogen) atoms. The van der Waals surface area contributed by atoms with E-state index in [2.05, 4.69) is 11.2 Å². The van der Waals surface area contributed by atoms with Gasteiger partial charge in [-0.3, -0.25) is 4.68 Å². The minimum Gasteiger partial charge on any atom is -0.486 e. The number of hydrogen-bond donors (Lipinski definition) is 0. The lowest BCUT2D eigenvalue weighted by Crippen LogP contribution is -1.94. The first-order valence-electron chi connectivity index (χ1n) is 4.88. The largest absolute Gasteiger partial charge is 0.486 e. The Hall–Kier alpha value is -2.28. The van der Waals surface area contributed by atoms with Crippen molar-refractivity contribution >= 4 is 0 Å². The SMILES string of the molecule is Cn1cc(OCc2cccc(C#N)c2)cn1. The molecular formula is C12H11N3O. The predicted molar refractivity (Wildman–Crippen MR) is 58.7 cm³/mol. The molecule has 1 aromatic heterocycles. The molecule has 0 aliphatic heterocycles. The zero-order valence-electron chi connectivity index (χ0n) is 8.92. The summed E-state index contributed by atoms with van der Waals surface area (Å²) >= 11 is 0. The van der Waals surface area contributed by atoms with E-state index in [1.165, 1.54) is 0 Å². The molecule has 0 radical (unpaired) electrons. The molecule has 1 heterocycles. The quantitative estimate of drug-likeness (QED) is 0.782. The maximum Gasteiger partial charge on any atom is 0.157 e. The van der Waals surface area contributed by atoms with Gasteiger partial charge in [0.1, 0.15) is 6.61 Å². The van der Waals surface area contributed by atoms with Gasteiger partial charge >= 0.3 is 0 Å². The maximum atomic E-state index is 8.75. The standard InChI is InChI=1S/C12H11N3O/c1-15-8-12(7-14-15)16-9-11-4-2-3-10(5-11)6-13/h2-5,7-8H,9H2,1H3. The van der Waals surface area contributed by atoms with Crippen molar-refractivity contribution in [3.63, 3.8) is 0 Å². The lowest BCUT2D eigenvalue weighted by molar-refractivity contribution is 0.306. The molecule has 4 heteroatoms. The van der Waals surface area contributed by atoms with Gasteiger partial charge in [0.15, 0.2) is 5.75 Å². The molecule has 0 aliphatic rings. The van der Waals surface area contributed by atoms with Crippen LogP contribution in [0.3, 0.4) is 0 Å². The number of hydrogen-bond acceptors (Lipinski definition) is 3. The average molecular weight is 213 g/mol. The van der Waals surface area contributed by atoms with Crippen LogP contribution in [0.25, 0.3) is 0 Å². The second-order valence-electron chi connectivity index (χ2n) is 3.45. The molecule has 0 aliphatic carbocycles. The van der Waals surface area contributed by atoms with Crippen molar-refractivity contribution in [2.24, 2.45) is 7.05 Å². The topological polar surface area (TPSA) is 50.8 Å². The summed E-state index contributed by atoms with van der Waals surface area (Å²) in [4.78, 5) is 0. The van der Waals surface area contributed by atoms with Crippen molar-refractivity contribution in [2.45, 2.75) is 6.61 Å². The van der Waals surface area contributed by atoms with E-state index in [0.717, 1.165) is 11.3 Å². The fourth-order valence-electron chi connectivity index (χ4n) is 1.37. The van der Waals surface area contributed by atoms with Gasteiger partial charge in [-0.05, 0) is 17.7 Å². The third-order valence-electron chi connectivity index (χ3n) is 2.14. The highest BCUT2D eigenvalue weighted by Gasteiger charge is 1.99. The zero-order chi connectivity index (χ0) is 11.4. The number of nitriles is 1. The molecule has 0 saturated carbocycles. The molecule has 4 nitrogen and oxygen atoms in total. The summed E-state index contributed by atoms with van der Waals surface area (Å²) in [5.74, 6) is 0.727. The number of nitrogens with zero attached hydrogens (tertiary/aromatic N) is 3. The van der Waals surface area contributed by atoms with E-state index >= 15 is 0 Å². The Kier molecular flexibility index (Phi) is 2.88. The lowest BCUT2D eigenvalue weighted by Gasteiger charge is -2.03. The van der Waals surface area contributed by atoms with Crippen LogP contribution in [-0.2, 0) is 13.7 Å². The molecule has 0 atom stereocenters. The van der Waals surface area contributed by atoms with Gasteiger partial charge < -0.3 is 4.74 Å². The molecule has 0 amide bonds. The molecule has 2 aromatic rings. The average Bonchev–Trinajstić information content (AvgIpc) is 2.73. The first-order valence-corrected chi connectivity index (χ1v) is 4.88. The molecule has 0 bridgehead atoms. The smallest absolute Gasteiger partial charge is 0.157 e. The Balaban J connectivity index is 2.02. The van der Waals surface area contributed by atoms with Gasteiger partial charge in [0.25, 0.3) is 0 Å². The summed E-state index contributed by atoms with van der Waals surface area (Å²) in [6.45, 7) is 0.446. The summed E-state index contributed by atoms with van der Waals surface area (Å²) in [5.41, 5.74) is 1.62. The van der Waals surface area contributed by atoms with Crippen LogP contribution in [0.1, 0.15) is 11.1 Å². The minimum atomic E-state index is 0.446. The van der Waals surface area contributed by atoms with Crippen molar-refractivity contribution in [2.75, 3.05) is 0 Å². The predicted octanol–water partition coefficient (Wildman–Crippen LogP) is 1.87. The van der Waals surface area contributed by atoms with Gasteiger partial charge in [0.2, 0.25) is 0 Å². The number of benzene rings is 1. The molecule has 0 fully saturated rings. The summed E-state index contributed by atoms with van der Waals surface area (Å²) in [6, 6.07) is 9.46. The van der Waals surface area contributed by atoms with Crippen LogP contribution >= 0.6 is 0 Å². The molecule has 2 rings (SSSR count). The molecule has 0 saturated heterocycles. The van der Waals surface area contributed by atoms with Gasteiger partial charge in [0, 0.05) is 7.05 Å². The lowest BCUT2D eigenvalue weighted by atomic mass is 10.1. The second kappa shape index (κ2) is 4.49. The Morgan fingerprint density at radius 1 is 1.50 bits per heavy atom. The van der Waals surface area contributed by atoms with E-state index in [0.29, 0.717) is 12.2 Å². The summed E-state index contributed by atoms with van der Waals surface area (Å²) in [5, 5.41) is 12.7. The number of ether oxygens (including phenoxy) is 1. The van der Waals surface area contributed by atoms with Gasteiger partial charge in [-0.1, -0.05) is 12.1 Å². The van der Waals surface area contributed by atoms with Gasteiger partial charge in [0.05, 0.1) is 24.0 Å². The normalized spacial score (nSPS) is 9.75. The first kappa shape index (κ1) is 10.2. The Labute approximate surface area is 93.7 Å². The van der Waals surface area contributed by atoms with Gasteiger partial charge in [-0.15, -0.1) is 0 Å². The fraction of sp³-hybridized carbons (Fsp3) is 0.167. The van der Waals surface area contributed by atoms with Crippen molar-refractivity contribution in [1.82, 2.24) is 9.78 Å². The van der Waals surface area contributed by atoms with Crippen molar-refractivity contribution < 1.29 is 4.74 Å². The van der Waals surface area contributed by atoms with E-state index in [1.807, 2.05) is 25.2 Å². The molecule has 80 valence electrons. The van der Waals surface area contributed by atoms with Crippen LogP contribution in [0.2, 0.25) is 0 Å². The monoisotopic (exact) mass is 213 g/mol. The van der Waals surface area contributed by atoms with Gasteiger partial charge in [-0.2, -0.15) is 10.4 Å². The third kappa shape index (κ3) is 2.39. The first-order chi connectivity index (χ1) is 7.78. The van der Waals surface area contributed by atoms with Crippen molar-refractivity contribution in [3.05, 3.63) is 47.8 Å². The van der Waals surface area contributed by atoms with E-state index in [4.69, 9.17) is 10.00 Å². The van der Waals surface area contributed by atoms with Crippen LogP contribution in [0.15, 0.2) is 36.7 Å². The fourth-order valence-corrected chi connectivity index (χ4v) is 1.37. The van der Waals surface area contributed by atoms with Crippen molar-refractivity contribution in [3.8, 4) is 11.8 Å². The summed E-state index contributed by atoms with van der Waals surface area (Å²) in [6.07, 6.45) is 3.46. The van der Waals surface area contributed by atoms with Gasteiger partial charge in [-0.25, -0.2) is 0 Å². The van der Waals surface area contributed by atoms with Crippen LogP contribution in [-0.4, -0.2) is 9.78 Å². The van der Waals surface area contributed by atoms with Crippen LogP contribution < -0.4 is 4.74 Å². The van der Waals surface area contributed by atoms with E-state index < -0.39 is 0 Å². The van der Waals surface area contributed by atoms with E-state index in [9.17, 15) is 0 Å². The maximum absolute atomic E-state index is 8.75. The van der Waals surface area contributed by atoms with E-state index in [1.54, 1.807) is 23.1 Å².